The van der Waals surface area contributed by atoms with Gasteiger partial charge in [-0.2, -0.15) is 0 Å². The number of benzene rings is 2. The van der Waals surface area contributed by atoms with Gasteiger partial charge in [-0.05, 0) is 46.6 Å². The Morgan fingerprint density at radius 1 is 0.944 bits per heavy atom. The molecule has 0 aliphatic rings. The van der Waals surface area contributed by atoms with Crippen molar-refractivity contribution in [3.8, 4) is 17.2 Å². The summed E-state index contributed by atoms with van der Waals surface area (Å²) in [6.07, 6.45) is 0. The van der Waals surface area contributed by atoms with Crippen molar-refractivity contribution in [3.05, 3.63) is 28.2 Å². The molecule has 0 N–H and O–H groups in total. The average molecular weight is 311 g/mol. The first-order valence-electron chi connectivity index (χ1n) is 5.51. The van der Waals surface area contributed by atoms with Crippen LogP contribution in [0.15, 0.2) is 22.7 Å². The first kappa shape index (κ1) is 13.0. The monoisotopic (exact) mass is 310 g/mol. The zero-order valence-corrected chi connectivity index (χ0v) is 12.4. The number of hydrogen-bond acceptors (Lipinski definition) is 3. The fraction of sp³-hybridized carbons (Fsp3) is 0.286. The molecule has 0 atom stereocenters. The highest BCUT2D eigenvalue weighted by molar-refractivity contribution is 9.10. The van der Waals surface area contributed by atoms with Crippen molar-refractivity contribution in [2.75, 3.05) is 21.3 Å². The van der Waals surface area contributed by atoms with E-state index in [2.05, 4.69) is 22.0 Å². The van der Waals surface area contributed by atoms with Crippen molar-refractivity contribution in [2.45, 2.75) is 6.92 Å². The molecular weight excluding hydrogens is 296 g/mol. The maximum absolute atomic E-state index is 5.50. The molecule has 3 nitrogen and oxygen atoms in total. The summed E-state index contributed by atoms with van der Waals surface area (Å²) in [4.78, 5) is 0. The molecule has 0 saturated heterocycles. The van der Waals surface area contributed by atoms with E-state index in [1.165, 1.54) is 0 Å². The molecule has 2 aromatic carbocycles. The van der Waals surface area contributed by atoms with Crippen LogP contribution in [0.1, 0.15) is 5.56 Å². The minimum Gasteiger partial charge on any atom is -0.496 e. The van der Waals surface area contributed by atoms with Crippen molar-refractivity contribution in [1.82, 2.24) is 0 Å². The van der Waals surface area contributed by atoms with Gasteiger partial charge in [0.2, 0.25) is 0 Å². The van der Waals surface area contributed by atoms with Gasteiger partial charge in [0.15, 0.2) is 0 Å². The topological polar surface area (TPSA) is 27.7 Å². The van der Waals surface area contributed by atoms with Crippen LogP contribution in [0.3, 0.4) is 0 Å². The zero-order chi connectivity index (χ0) is 13.3. The summed E-state index contributed by atoms with van der Waals surface area (Å²) in [6.45, 7) is 2.02. The van der Waals surface area contributed by atoms with E-state index in [1.54, 1.807) is 21.3 Å². The van der Waals surface area contributed by atoms with Crippen LogP contribution in [0.2, 0.25) is 0 Å². The van der Waals surface area contributed by atoms with Crippen LogP contribution in [0.5, 0.6) is 17.2 Å². The normalized spacial score (nSPS) is 10.5. The molecule has 0 aromatic heterocycles. The predicted octanol–water partition coefficient (Wildman–Crippen LogP) is 3.94. The Balaban J connectivity index is 2.97. The first-order chi connectivity index (χ1) is 8.63. The number of rotatable bonds is 3. The fourth-order valence-corrected chi connectivity index (χ4v) is 2.54. The second-order valence-corrected chi connectivity index (χ2v) is 4.73. The molecule has 0 spiro atoms. The van der Waals surface area contributed by atoms with E-state index in [0.29, 0.717) is 0 Å². The predicted molar refractivity (Wildman–Crippen MR) is 76.0 cm³/mol. The van der Waals surface area contributed by atoms with Crippen LogP contribution in [0.25, 0.3) is 10.8 Å². The van der Waals surface area contributed by atoms with Crippen molar-refractivity contribution in [2.24, 2.45) is 0 Å². The number of aryl methyl sites for hydroxylation is 1. The summed E-state index contributed by atoms with van der Waals surface area (Å²) in [7, 11) is 4.96. The van der Waals surface area contributed by atoms with Crippen molar-refractivity contribution in [3.63, 3.8) is 0 Å². The summed E-state index contributed by atoms with van der Waals surface area (Å²) >= 11 is 3.55. The first-order valence-corrected chi connectivity index (χ1v) is 6.31. The molecule has 2 rings (SSSR count). The Hall–Kier alpha value is -1.42. The lowest BCUT2D eigenvalue weighted by molar-refractivity contribution is 0.399. The molecule has 96 valence electrons. The van der Waals surface area contributed by atoms with Gasteiger partial charge >= 0.3 is 0 Å². The maximum atomic E-state index is 5.50. The number of halogens is 1. The molecule has 0 radical (unpaired) electrons. The maximum Gasteiger partial charge on any atom is 0.145 e. The molecule has 0 fully saturated rings. The third kappa shape index (κ3) is 1.90. The van der Waals surface area contributed by atoms with Crippen LogP contribution in [-0.4, -0.2) is 21.3 Å². The Morgan fingerprint density at radius 3 is 2.11 bits per heavy atom. The van der Waals surface area contributed by atoms with Gasteiger partial charge in [-0.25, -0.2) is 0 Å². The van der Waals surface area contributed by atoms with E-state index in [9.17, 15) is 0 Å². The minimum absolute atomic E-state index is 0.765. The van der Waals surface area contributed by atoms with Gasteiger partial charge in [0.05, 0.1) is 31.2 Å². The quantitative estimate of drug-likeness (QED) is 0.859. The highest BCUT2D eigenvalue weighted by atomic mass is 79.9. The summed E-state index contributed by atoms with van der Waals surface area (Å²) in [6, 6.07) is 5.84. The van der Waals surface area contributed by atoms with E-state index in [1.807, 2.05) is 19.1 Å². The third-order valence-corrected chi connectivity index (χ3v) is 3.93. The average Bonchev–Trinajstić information content (AvgIpc) is 2.39. The lowest BCUT2D eigenvalue weighted by Crippen LogP contribution is -1.95. The Morgan fingerprint density at radius 2 is 1.56 bits per heavy atom. The Kier molecular flexibility index (Phi) is 3.66. The molecule has 0 amide bonds. The van der Waals surface area contributed by atoms with Crippen LogP contribution in [0, 0.1) is 6.92 Å². The minimum atomic E-state index is 0.765. The lowest BCUT2D eigenvalue weighted by Gasteiger charge is -2.15. The molecule has 0 unspecified atom stereocenters. The van der Waals surface area contributed by atoms with Gasteiger partial charge in [0.25, 0.3) is 0 Å². The van der Waals surface area contributed by atoms with E-state index >= 15 is 0 Å². The van der Waals surface area contributed by atoms with E-state index in [4.69, 9.17) is 14.2 Å². The van der Waals surface area contributed by atoms with Gasteiger partial charge in [-0.1, -0.05) is 0 Å². The van der Waals surface area contributed by atoms with Crippen LogP contribution >= 0.6 is 15.9 Å². The largest absolute Gasteiger partial charge is 0.496 e. The van der Waals surface area contributed by atoms with Crippen molar-refractivity contribution >= 4 is 26.7 Å². The summed E-state index contributed by atoms with van der Waals surface area (Å²) in [5.41, 5.74) is 1.09. The van der Waals surface area contributed by atoms with Crippen LogP contribution in [0.4, 0.5) is 0 Å². The molecular formula is C14H15BrO3. The van der Waals surface area contributed by atoms with Gasteiger partial charge in [0.1, 0.15) is 17.2 Å². The molecule has 0 aliphatic heterocycles. The smallest absolute Gasteiger partial charge is 0.145 e. The van der Waals surface area contributed by atoms with Crippen LogP contribution in [-0.2, 0) is 0 Å². The number of ether oxygens (including phenoxy) is 3. The highest BCUT2D eigenvalue weighted by Gasteiger charge is 2.16. The lowest BCUT2D eigenvalue weighted by atomic mass is 10.0. The number of hydrogen-bond donors (Lipinski definition) is 0. The summed E-state index contributed by atoms with van der Waals surface area (Å²) in [5.74, 6) is 2.34. The molecule has 0 bridgehead atoms. The number of methoxy groups -OCH3 is 3. The van der Waals surface area contributed by atoms with E-state index in [-0.39, 0.29) is 0 Å². The zero-order valence-electron chi connectivity index (χ0n) is 10.8. The van der Waals surface area contributed by atoms with Crippen LogP contribution < -0.4 is 14.2 Å². The highest BCUT2D eigenvalue weighted by Crippen LogP contribution is 2.44. The molecule has 2 aromatic rings. The SMILES string of the molecule is COc1ccc(OC)c2c(OC)c(Br)c(C)cc12. The number of fused-ring (bicyclic) bond motifs is 1. The van der Waals surface area contributed by atoms with Crippen molar-refractivity contribution < 1.29 is 14.2 Å². The summed E-state index contributed by atoms with van der Waals surface area (Å²) in [5, 5.41) is 1.89. The van der Waals surface area contributed by atoms with E-state index in [0.717, 1.165) is 38.1 Å². The molecule has 0 heterocycles. The summed E-state index contributed by atoms with van der Waals surface area (Å²) < 4.78 is 17.2. The van der Waals surface area contributed by atoms with E-state index < -0.39 is 0 Å². The van der Waals surface area contributed by atoms with Gasteiger partial charge < -0.3 is 14.2 Å². The van der Waals surface area contributed by atoms with Gasteiger partial charge in [-0.15, -0.1) is 0 Å². The molecule has 18 heavy (non-hydrogen) atoms. The second kappa shape index (κ2) is 5.06. The molecule has 0 aliphatic carbocycles. The van der Waals surface area contributed by atoms with Crippen molar-refractivity contribution in [1.29, 1.82) is 0 Å². The molecule has 4 heteroatoms. The van der Waals surface area contributed by atoms with Gasteiger partial charge in [0, 0.05) is 5.39 Å². The Labute approximate surface area is 115 Å². The second-order valence-electron chi connectivity index (χ2n) is 3.93. The van der Waals surface area contributed by atoms with Gasteiger partial charge in [-0.3, -0.25) is 0 Å². The Bertz CT molecular complexity index is 593. The third-order valence-electron chi connectivity index (χ3n) is 2.94. The fourth-order valence-electron chi connectivity index (χ4n) is 2.07. The molecule has 0 saturated carbocycles. The standard InChI is InChI=1S/C14H15BrO3/c1-8-7-9-10(16-2)5-6-11(17-3)12(9)14(18-4)13(8)15/h5-7H,1-4H3.